The van der Waals surface area contributed by atoms with E-state index in [1.807, 2.05) is 12.1 Å². The first kappa shape index (κ1) is 15.2. The summed E-state index contributed by atoms with van der Waals surface area (Å²) in [7, 11) is 1.68. The Balaban J connectivity index is 2.51. The first-order valence-electron chi connectivity index (χ1n) is 7.10. The first-order valence-corrected chi connectivity index (χ1v) is 7.63. The fourth-order valence-corrected chi connectivity index (χ4v) is 2.45. The molecule has 0 unspecified atom stereocenters. The second-order valence-corrected chi connectivity index (χ2v) is 6.30. The summed E-state index contributed by atoms with van der Waals surface area (Å²) in [6.07, 6.45) is 1.92. The van der Waals surface area contributed by atoms with Crippen molar-refractivity contribution in [3.05, 3.63) is 24.0 Å². The van der Waals surface area contributed by atoms with Crippen molar-refractivity contribution in [3.63, 3.8) is 0 Å². The van der Waals surface area contributed by atoms with E-state index in [1.165, 1.54) is 0 Å². The maximum absolute atomic E-state index is 5.92. The van der Waals surface area contributed by atoms with E-state index in [4.69, 9.17) is 21.3 Å². The molecule has 0 N–H and O–H groups in total. The minimum atomic E-state index is 0.245. The smallest absolute Gasteiger partial charge is 0.121 e. The van der Waals surface area contributed by atoms with Crippen LogP contribution in [0.5, 0.6) is 5.75 Å². The van der Waals surface area contributed by atoms with Gasteiger partial charge in [-0.3, -0.25) is 0 Å². The van der Waals surface area contributed by atoms with Crippen LogP contribution >= 0.6 is 11.6 Å². The molecule has 0 bridgehead atoms. The first-order chi connectivity index (χ1) is 9.50. The van der Waals surface area contributed by atoms with Gasteiger partial charge in [0, 0.05) is 24.9 Å². The van der Waals surface area contributed by atoms with E-state index in [2.05, 4.69) is 31.4 Å². The largest absolute Gasteiger partial charge is 0.497 e. The van der Waals surface area contributed by atoms with Gasteiger partial charge in [-0.2, -0.15) is 0 Å². The third kappa shape index (κ3) is 3.09. The number of hydrogen-bond acceptors (Lipinski definition) is 2. The highest BCUT2D eigenvalue weighted by Crippen LogP contribution is 2.28. The summed E-state index contributed by atoms with van der Waals surface area (Å²) >= 11 is 5.92. The number of aromatic nitrogens is 2. The van der Waals surface area contributed by atoms with E-state index in [9.17, 15) is 0 Å². The molecular formula is C16H23ClN2O. The van der Waals surface area contributed by atoms with Gasteiger partial charge in [-0.15, -0.1) is 11.6 Å². The standard InChI is InChI=1S/C16H23ClN2O/c1-5-16(2,3)11-19-14-7-6-12(20-4)10-13(14)18-15(19)8-9-17/h6-7,10H,5,8-9,11H2,1-4H3. The number of hydrogen-bond donors (Lipinski definition) is 0. The molecule has 0 amide bonds. The van der Waals surface area contributed by atoms with E-state index in [0.717, 1.165) is 42.0 Å². The molecule has 4 heteroatoms. The van der Waals surface area contributed by atoms with Gasteiger partial charge in [-0.25, -0.2) is 4.98 Å². The number of benzene rings is 1. The molecule has 0 atom stereocenters. The average Bonchev–Trinajstić information content (AvgIpc) is 2.76. The number of ether oxygens (including phenoxy) is 1. The van der Waals surface area contributed by atoms with Crippen LogP contribution in [0.25, 0.3) is 11.0 Å². The van der Waals surface area contributed by atoms with Crippen LogP contribution in [0.4, 0.5) is 0 Å². The van der Waals surface area contributed by atoms with Gasteiger partial charge in [-0.05, 0) is 24.0 Å². The van der Waals surface area contributed by atoms with Crippen molar-refractivity contribution in [2.24, 2.45) is 5.41 Å². The number of alkyl halides is 1. The van der Waals surface area contributed by atoms with Crippen LogP contribution in [-0.2, 0) is 13.0 Å². The lowest BCUT2D eigenvalue weighted by Crippen LogP contribution is -2.20. The van der Waals surface area contributed by atoms with Crippen LogP contribution in [0.1, 0.15) is 33.0 Å². The second kappa shape index (κ2) is 6.04. The fourth-order valence-electron chi connectivity index (χ4n) is 2.28. The number of rotatable bonds is 6. The van der Waals surface area contributed by atoms with Gasteiger partial charge in [0.05, 0.1) is 18.1 Å². The maximum atomic E-state index is 5.92. The van der Waals surface area contributed by atoms with Gasteiger partial charge >= 0.3 is 0 Å². The molecule has 0 fully saturated rings. The van der Waals surface area contributed by atoms with E-state index in [-0.39, 0.29) is 5.41 Å². The molecule has 0 radical (unpaired) electrons. The van der Waals surface area contributed by atoms with Crippen molar-refractivity contribution in [2.45, 2.75) is 40.2 Å². The topological polar surface area (TPSA) is 27.1 Å². The van der Waals surface area contributed by atoms with Crippen LogP contribution in [-0.4, -0.2) is 22.5 Å². The third-order valence-electron chi connectivity index (χ3n) is 3.90. The molecule has 0 spiro atoms. The molecule has 2 rings (SSSR count). The van der Waals surface area contributed by atoms with E-state index >= 15 is 0 Å². The lowest BCUT2D eigenvalue weighted by molar-refractivity contribution is 0.294. The Morgan fingerprint density at radius 1 is 1.35 bits per heavy atom. The highest BCUT2D eigenvalue weighted by Gasteiger charge is 2.20. The van der Waals surface area contributed by atoms with Gasteiger partial charge in [-0.1, -0.05) is 20.8 Å². The molecule has 0 aliphatic heterocycles. The number of methoxy groups -OCH3 is 1. The Bertz CT molecular complexity index is 589. The van der Waals surface area contributed by atoms with Gasteiger partial charge in [0.25, 0.3) is 0 Å². The van der Waals surface area contributed by atoms with Crippen LogP contribution in [0.15, 0.2) is 18.2 Å². The quantitative estimate of drug-likeness (QED) is 0.744. The van der Waals surface area contributed by atoms with Gasteiger partial charge < -0.3 is 9.30 Å². The monoisotopic (exact) mass is 294 g/mol. The zero-order chi connectivity index (χ0) is 14.8. The number of nitrogens with zero attached hydrogens (tertiary/aromatic N) is 2. The van der Waals surface area contributed by atoms with Gasteiger partial charge in [0.1, 0.15) is 11.6 Å². The minimum Gasteiger partial charge on any atom is -0.497 e. The van der Waals surface area contributed by atoms with Crippen molar-refractivity contribution in [2.75, 3.05) is 13.0 Å². The SMILES string of the molecule is CCC(C)(C)Cn1c(CCCl)nc2cc(OC)ccc21. The number of fused-ring (bicyclic) bond motifs is 1. The van der Waals surface area contributed by atoms with Crippen molar-refractivity contribution in [1.29, 1.82) is 0 Å². The normalized spacial score (nSPS) is 12.1. The van der Waals surface area contributed by atoms with E-state index < -0.39 is 0 Å². The molecule has 0 saturated carbocycles. The summed E-state index contributed by atoms with van der Waals surface area (Å²) in [5, 5.41) is 0. The zero-order valence-electron chi connectivity index (χ0n) is 12.7. The van der Waals surface area contributed by atoms with Crippen LogP contribution in [0, 0.1) is 5.41 Å². The molecule has 1 aromatic heterocycles. The van der Waals surface area contributed by atoms with E-state index in [1.54, 1.807) is 7.11 Å². The molecule has 0 aliphatic carbocycles. The van der Waals surface area contributed by atoms with Gasteiger partial charge in [0.2, 0.25) is 0 Å². The highest BCUT2D eigenvalue weighted by molar-refractivity contribution is 6.17. The summed E-state index contributed by atoms with van der Waals surface area (Å²) in [4.78, 5) is 4.73. The molecule has 3 nitrogen and oxygen atoms in total. The Morgan fingerprint density at radius 2 is 2.10 bits per heavy atom. The highest BCUT2D eigenvalue weighted by atomic mass is 35.5. The number of aryl methyl sites for hydroxylation is 1. The fraction of sp³-hybridized carbons (Fsp3) is 0.562. The van der Waals surface area contributed by atoms with Crippen molar-refractivity contribution >= 4 is 22.6 Å². The molecule has 110 valence electrons. The molecule has 0 aliphatic rings. The van der Waals surface area contributed by atoms with Crippen molar-refractivity contribution in [1.82, 2.24) is 9.55 Å². The zero-order valence-corrected chi connectivity index (χ0v) is 13.5. The lowest BCUT2D eigenvalue weighted by atomic mass is 9.90. The average molecular weight is 295 g/mol. The molecule has 0 saturated heterocycles. The summed E-state index contributed by atoms with van der Waals surface area (Å²) in [5.41, 5.74) is 2.39. The molecule has 1 aromatic carbocycles. The summed E-state index contributed by atoms with van der Waals surface area (Å²) in [6.45, 7) is 7.75. The Morgan fingerprint density at radius 3 is 2.70 bits per heavy atom. The van der Waals surface area contributed by atoms with Gasteiger partial charge in [0.15, 0.2) is 0 Å². The van der Waals surface area contributed by atoms with Crippen LogP contribution < -0.4 is 4.74 Å². The Labute approximate surface area is 125 Å². The Kier molecular flexibility index (Phi) is 4.59. The van der Waals surface area contributed by atoms with Crippen molar-refractivity contribution in [3.8, 4) is 5.75 Å². The molecule has 20 heavy (non-hydrogen) atoms. The number of halogens is 1. The summed E-state index contributed by atoms with van der Waals surface area (Å²) in [6, 6.07) is 6.07. The predicted octanol–water partition coefficient (Wildman–Crippen LogP) is 4.26. The lowest BCUT2D eigenvalue weighted by Gasteiger charge is -2.24. The number of imidazole rings is 1. The van der Waals surface area contributed by atoms with E-state index in [0.29, 0.717) is 5.88 Å². The maximum Gasteiger partial charge on any atom is 0.121 e. The second-order valence-electron chi connectivity index (χ2n) is 5.93. The summed E-state index contributed by atoms with van der Waals surface area (Å²) in [5.74, 6) is 2.49. The van der Waals surface area contributed by atoms with Crippen molar-refractivity contribution < 1.29 is 4.74 Å². The molecular weight excluding hydrogens is 272 g/mol. The third-order valence-corrected chi connectivity index (χ3v) is 4.08. The minimum absolute atomic E-state index is 0.245. The Hall–Kier alpha value is -1.22. The summed E-state index contributed by atoms with van der Waals surface area (Å²) < 4.78 is 7.58. The molecule has 1 heterocycles. The van der Waals surface area contributed by atoms with Crippen LogP contribution in [0.3, 0.4) is 0 Å². The van der Waals surface area contributed by atoms with Crippen LogP contribution in [0.2, 0.25) is 0 Å². The molecule has 2 aromatic rings. The predicted molar refractivity (Wildman–Crippen MR) is 84.8 cm³/mol.